The lowest BCUT2D eigenvalue weighted by molar-refractivity contribution is 0.472. The molecule has 0 unspecified atom stereocenters. The Hall–Kier alpha value is -3.50. The Morgan fingerprint density at radius 2 is 1.90 bits per heavy atom. The first-order valence-corrected chi connectivity index (χ1v) is 11.4. The zero-order valence-corrected chi connectivity index (χ0v) is 18.1. The molecular formula is C21H17N3O5S2. The van der Waals surface area contributed by atoms with Gasteiger partial charge in [0.1, 0.15) is 5.75 Å². The summed E-state index contributed by atoms with van der Waals surface area (Å²) in [7, 11) is -3.77. The summed E-state index contributed by atoms with van der Waals surface area (Å²) in [5.41, 5.74) is 1.87. The number of benzene rings is 2. The van der Waals surface area contributed by atoms with Crippen molar-refractivity contribution < 1.29 is 17.9 Å². The van der Waals surface area contributed by atoms with E-state index in [-0.39, 0.29) is 21.8 Å². The topological polar surface area (TPSA) is 122 Å². The molecule has 8 nitrogen and oxygen atoms in total. The molecular weight excluding hydrogens is 438 g/mol. The highest BCUT2D eigenvalue weighted by Crippen LogP contribution is 2.28. The van der Waals surface area contributed by atoms with Crippen LogP contribution in [0.1, 0.15) is 16.8 Å². The van der Waals surface area contributed by atoms with Gasteiger partial charge in [-0.3, -0.25) is 9.71 Å². The third-order valence-corrected chi connectivity index (χ3v) is 6.82. The maximum Gasteiger partial charge on any atom is 0.336 e. The SMILES string of the molecule is Cc1csc(NS(=O)(=O)c2ccc(N=Cc3c(O)ccc4c(C)cc(=O)oc34)cc2)n1. The number of aromatic hydroxyl groups is 1. The standard InChI is InChI=1S/C21H17N3O5S2/c1-12-9-19(26)29-20-16(12)7-8-18(25)17(20)10-22-14-3-5-15(6-4-14)31(27,28)24-21-23-13(2)11-30-21/h3-11,25H,1-2H3,(H,23,24). The minimum atomic E-state index is -3.77. The molecule has 0 saturated heterocycles. The highest BCUT2D eigenvalue weighted by Gasteiger charge is 2.16. The van der Waals surface area contributed by atoms with Gasteiger partial charge in [0.15, 0.2) is 10.7 Å². The zero-order valence-electron chi connectivity index (χ0n) is 16.5. The fraction of sp³-hybridized carbons (Fsp3) is 0.0952. The van der Waals surface area contributed by atoms with Gasteiger partial charge < -0.3 is 9.52 Å². The van der Waals surface area contributed by atoms with Crippen molar-refractivity contribution in [1.29, 1.82) is 0 Å². The highest BCUT2D eigenvalue weighted by molar-refractivity contribution is 7.93. The molecule has 31 heavy (non-hydrogen) atoms. The average molecular weight is 456 g/mol. The van der Waals surface area contributed by atoms with Gasteiger partial charge in [-0.25, -0.2) is 18.2 Å². The molecule has 158 valence electrons. The average Bonchev–Trinajstić information content (AvgIpc) is 3.11. The summed E-state index contributed by atoms with van der Waals surface area (Å²) < 4.78 is 32.7. The Balaban J connectivity index is 1.63. The van der Waals surface area contributed by atoms with Crippen molar-refractivity contribution in [2.75, 3.05) is 4.72 Å². The molecule has 0 aliphatic carbocycles. The predicted molar refractivity (Wildman–Crippen MR) is 120 cm³/mol. The number of fused-ring (bicyclic) bond motifs is 1. The van der Waals surface area contributed by atoms with E-state index in [4.69, 9.17) is 4.42 Å². The van der Waals surface area contributed by atoms with Crippen LogP contribution in [0.4, 0.5) is 10.8 Å². The molecule has 4 aromatic rings. The summed E-state index contributed by atoms with van der Waals surface area (Å²) in [6.45, 7) is 3.55. The molecule has 0 radical (unpaired) electrons. The van der Waals surface area contributed by atoms with Gasteiger partial charge in [0.25, 0.3) is 10.0 Å². The number of phenols is 1. The maximum atomic E-state index is 12.5. The van der Waals surface area contributed by atoms with E-state index < -0.39 is 15.6 Å². The summed E-state index contributed by atoms with van der Waals surface area (Å²) in [6, 6.07) is 10.4. The third-order valence-electron chi connectivity index (χ3n) is 4.47. The fourth-order valence-electron chi connectivity index (χ4n) is 2.94. The molecule has 0 aliphatic heterocycles. The van der Waals surface area contributed by atoms with Crippen molar-refractivity contribution in [2.45, 2.75) is 18.7 Å². The van der Waals surface area contributed by atoms with Crippen LogP contribution in [-0.4, -0.2) is 24.7 Å². The summed E-state index contributed by atoms with van der Waals surface area (Å²) in [5, 5.41) is 12.9. The molecule has 0 amide bonds. The van der Waals surface area contributed by atoms with Crippen LogP contribution in [0.5, 0.6) is 5.75 Å². The second-order valence-corrected chi connectivity index (χ2v) is 9.32. The van der Waals surface area contributed by atoms with Crippen molar-refractivity contribution in [1.82, 2.24) is 4.98 Å². The van der Waals surface area contributed by atoms with E-state index in [9.17, 15) is 18.3 Å². The van der Waals surface area contributed by atoms with Crippen molar-refractivity contribution in [2.24, 2.45) is 4.99 Å². The van der Waals surface area contributed by atoms with Gasteiger partial charge in [-0.2, -0.15) is 0 Å². The third kappa shape index (κ3) is 4.35. The van der Waals surface area contributed by atoms with Gasteiger partial charge >= 0.3 is 5.63 Å². The lowest BCUT2D eigenvalue weighted by atomic mass is 10.1. The molecule has 0 atom stereocenters. The van der Waals surface area contributed by atoms with E-state index in [1.165, 1.54) is 53.9 Å². The number of aryl methyl sites for hydroxylation is 2. The van der Waals surface area contributed by atoms with Crippen LogP contribution in [-0.2, 0) is 10.0 Å². The van der Waals surface area contributed by atoms with Crippen LogP contribution in [0.15, 0.2) is 66.9 Å². The molecule has 2 N–H and O–H groups in total. The Kier molecular flexibility index (Phi) is 5.34. The quantitative estimate of drug-likeness (QED) is 0.345. The minimum absolute atomic E-state index is 0.0638. The number of hydrogen-bond acceptors (Lipinski definition) is 8. The van der Waals surface area contributed by atoms with Crippen LogP contribution >= 0.6 is 11.3 Å². The lowest BCUT2D eigenvalue weighted by Crippen LogP contribution is -2.12. The van der Waals surface area contributed by atoms with Crippen LogP contribution < -0.4 is 10.3 Å². The van der Waals surface area contributed by atoms with Crippen LogP contribution in [0, 0.1) is 13.8 Å². The number of anilines is 1. The van der Waals surface area contributed by atoms with Crippen molar-refractivity contribution in [3.63, 3.8) is 0 Å². The first-order valence-electron chi connectivity index (χ1n) is 9.08. The van der Waals surface area contributed by atoms with Gasteiger partial charge in [0.2, 0.25) is 0 Å². The monoisotopic (exact) mass is 455 g/mol. The second-order valence-electron chi connectivity index (χ2n) is 6.78. The molecule has 0 aliphatic rings. The Morgan fingerprint density at radius 1 is 1.16 bits per heavy atom. The number of nitrogens with zero attached hydrogens (tertiary/aromatic N) is 2. The molecule has 0 spiro atoms. The largest absolute Gasteiger partial charge is 0.507 e. The zero-order chi connectivity index (χ0) is 22.2. The van der Waals surface area contributed by atoms with E-state index in [1.54, 1.807) is 25.3 Å². The lowest BCUT2D eigenvalue weighted by Gasteiger charge is -2.06. The van der Waals surface area contributed by atoms with E-state index in [2.05, 4.69) is 14.7 Å². The van der Waals surface area contributed by atoms with E-state index in [1.807, 2.05) is 0 Å². The van der Waals surface area contributed by atoms with Gasteiger partial charge in [-0.05, 0) is 55.8 Å². The maximum absolute atomic E-state index is 12.5. The Morgan fingerprint density at radius 3 is 2.58 bits per heavy atom. The molecule has 4 rings (SSSR count). The van der Waals surface area contributed by atoms with E-state index in [0.717, 1.165) is 11.3 Å². The van der Waals surface area contributed by atoms with E-state index >= 15 is 0 Å². The first-order chi connectivity index (χ1) is 14.7. The summed E-state index contributed by atoms with van der Waals surface area (Å²) >= 11 is 1.20. The van der Waals surface area contributed by atoms with Crippen molar-refractivity contribution in [3.05, 3.63) is 75.1 Å². The number of aliphatic imine (C=N–C) groups is 1. The summed E-state index contributed by atoms with van der Waals surface area (Å²) in [4.78, 5) is 20.2. The number of aromatic nitrogens is 1. The minimum Gasteiger partial charge on any atom is -0.507 e. The Bertz CT molecular complexity index is 1470. The highest BCUT2D eigenvalue weighted by atomic mass is 32.2. The number of thiazole rings is 1. The molecule has 2 heterocycles. The summed E-state index contributed by atoms with van der Waals surface area (Å²) in [5.74, 6) is -0.0906. The van der Waals surface area contributed by atoms with E-state index in [0.29, 0.717) is 16.2 Å². The molecule has 0 saturated carbocycles. The second kappa shape index (κ2) is 7.97. The van der Waals surface area contributed by atoms with Gasteiger partial charge in [0.05, 0.1) is 21.8 Å². The smallest absolute Gasteiger partial charge is 0.336 e. The van der Waals surface area contributed by atoms with Gasteiger partial charge in [0, 0.05) is 23.0 Å². The van der Waals surface area contributed by atoms with Gasteiger partial charge in [-0.1, -0.05) is 0 Å². The number of hydrogen-bond donors (Lipinski definition) is 2. The molecule has 2 aromatic heterocycles. The summed E-state index contributed by atoms with van der Waals surface area (Å²) in [6.07, 6.45) is 1.38. The van der Waals surface area contributed by atoms with Crippen LogP contribution in [0.2, 0.25) is 0 Å². The van der Waals surface area contributed by atoms with Crippen LogP contribution in [0.3, 0.4) is 0 Å². The number of nitrogens with one attached hydrogen (secondary N) is 1. The molecule has 0 bridgehead atoms. The van der Waals surface area contributed by atoms with Crippen LogP contribution in [0.25, 0.3) is 11.0 Å². The van der Waals surface area contributed by atoms with Crippen molar-refractivity contribution >= 4 is 49.4 Å². The normalized spacial score (nSPS) is 11.9. The molecule has 0 fully saturated rings. The molecule has 2 aromatic carbocycles. The molecule has 10 heteroatoms. The number of sulfonamides is 1. The Labute approximate surface area is 181 Å². The van der Waals surface area contributed by atoms with Gasteiger partial charge in [-0.15, -0.1) is 11.3 Å². The predicted octanol–water partition coefficient (Wildman–Crippen LogP) is 4.12. The first kappa shape index (κ1) is 20.8. The number of rotatable bonds is 5. The number of phenolic OH excluding ortho intramolecular Hbond substituents is 1. The van der Waals surface area contributed by atoms with Crippen molar-refractivity contribution in [3.8, 4) is 5.75 Å². The fourth-order valence-corrected chi connectivity index (χ4v) is 4.89.